The van der Waals surface area contributed by atoms with Crippen LogP contribution in [0.4, 0.5) is 0 Å². The Morgan fingerprint density at radius 1 is 0.556 bits per heavy atom. The fourth-order valence-electron chi connectivity index (χ4n) is 3.65. The van der Waals surface area contributed by atoms with E-state index in [1.807, 2.05) is 77.4 Å². The Morgan fingerprint density at radius 3 is 2.04 bits per heavy atom. The van der Waals surface area contributed by atoms with E-state index in [9.17, 15) is 4.79 Å². The molecule has 0 aliphatic heterocycles. The highest BCUT2D eigenvalue weighted by atomic mass is 16.1. The topological polar surface area (TPSA) is 22.0 Å². The minimum Gasteiger partial charge on any atom is -0.276 e. The van der Waals surface area contributed by atoms with E-state index in [0.717, 1.165) is 38.5 Å². The molecule has 2 heteroatoms. The van der Waals surface area contributed by atoms with Gasteiger partial charge in [-0.15, -0.1) is 0 Å². The van der Waals surface area contributed by atoms with Crippen molar-refractivity contribution in [3.63, 3.8) is 0 Å². The molecule has 0 saturated carbocycles. The molecule has 1 heterocycles. The van der Waals surface area contributed by atoms with Gasteiger partial charge in [0.15, 0.2) is 0 Å². The third-order valence-corrected chi connectivity index (χ3v) is 4.99. The van der Waals surface area contributed by atoms with Gasteiger partial charge < -0.3 is 0 Å². The zero-order valence-electron chi connectivity index (χ0n) is 14.7. The van der Waals surface area contributed by atoms with Gasteiger partial charge in [-0.25, -0.2) is 0 Å². The van der Waals surface area contributed by atoms with Gasteiger partial charge in [0.05, 0.1) is 5.69 Å². The highest BCUT2D eigenvalue weighted by Crippen LogP contribution is 2.26. The predicted octanol–water partition coefficient (Wildman–Crippen LogP) is 5.81. The number of hydrogen-bond acceptors (Lipinski definition) is 1. The summed E-state index contributed by atoms with van der Waals surface area (Å²) in [5, 5.41) is 3.97. The Hall–Kier alpha value is -3.65. The van der Waals surface area contributed by atoms with E-state index < -0.39 is 0 Å². The van der Waals surface area contributed by atoms with Gasteiger partial charge in [0, 0.05) is 11.1 Å². The Labute approximate surface area is 157 Å². The van der Waals surface area contributed by atoms with Crippen LogP contribution in [0.2, 0.25) is 0 Å². The number of rotatable bonds is 2. The second-order valence-electron chi connectivity index (χ2n) is 6.65. The molecule has 2 nitrogen and oxygen atoms in total. The average molecular weight is 347 g/mol. The molecule has 0 spiro atoms. The molecule has 128 valence electrons. The van der Waals surface area contributed by atoms with Crippen LogP contribution in [0.25, 0.3) is 38.5 Å². The Kier molecular flexibility index (Phi) is 3.61. The van der Waals surface area contributed by atoms with E-state index >= 15 is 0 Å². The van der Waals surface area contributed by atoms with Crippen LogP contribution in [0.15, 0.2) is 108 Å². The molecule has 0 bridgehead atoms. The summed E-state index contributed by atoms with van der Waals surface area (Å²) in [6.45, 7) is 0. The Morgan fingerprint density at radius 2 is 1.22 bits per heavy atom. The molecular weight excluding hydrogens is 330 g/mol. The minimum absolute atomic E-state index is 0.00207. The van der Waals surface area contributed by atoms with Gasteiger partial charge in [-0.2, -0.15) is 0 Å². The van der Waals surface area contributed by atoms with Crippen molar-refractivity contribution in [2.45, 2.75) is 0 Å². The van der Waals surface area contributed by atoms with Crippen molar-refractivity contribution in [2.75, 3.05) is 0 Å². The van der Waals surface area contributed by atoms with E-state index in [1.54, 1.807) is 0 Å². The second kappa shape index (κ2) is 6.26. The first-order valence-corrected chi connectivity index (χ1v) is 9.01. The maximum Gasteiger partial charge on any atom is 0.263 e. The summed E-state index contributed by atoms with van der Waals surface area (Å²) in [6.07, 6.45) is 0. The molecule has 0 saturated heterocycles. The summed E-state index contributed by atoms with van der Waals surface area (Å²) in [5.41, 5.74) is 2.80. The molecule has 0 amide bonds. The van der Waals surface area contributed by atoms with Gasteiger partial charge in [-0.3, -0.25) is 9.36 Å². The smallest absolute Gasteiger partial charge is 0.263 e. The van der Waals surface area contributed by atoms with Crippen molar-refractivity contribution < 1.29 is 0 Å². The molecule has 5 rings (SSSR count). The fraction of sp³-hybridized carbons (Fsp3) is 0. The maximum absolute atomic E-state index is 13.4. The van der Waals surface area contributed by atoms with Gasteiger partial charge in [-0.05, 0) is 46.0 Å². The largest absolute Gasteiger partial charge is 0.276 e. The molecule has 0 radical (unpaired) electrons. The van der Waals surface area contributed by atoms with Crippen molar-refractivity contribution in [1.29, 1.82) is 0 Å². The van der Waals surface area contributed by atoms with Crippen LogP contribution in [0.3, 0.4) is 0 Å². The van der Waals surface area contributed by atoms with Gasteiger partial charge in [0.25, 0.3) is 5.56 Å². The molecule has 27 heavy (non-hydrogen) atoms. The molecule has 4 aromatic carbocycles. The van der Waals surface area contributed by atoms with E-state index in [0.29, 0.717) is 0 Å². The lowest BCUT2D eigenvalue weighted by Gasteiger charge is -2.15. The van der Waals surface area contributed by atoms with Crippen LogP contribution in [0, 0.1) is 0 Å². The van der Waals surface area contributed by atoms with Crippen LogP contribution < -0.4 is 5.56 Å². The zero-order chi connectivity index (χ0) is 18.2. The number of aromatic nitrogens is 1. The third kappa shape index (κ3) is 2.63. The van der Waals surface area contributed by atoms with Crippen molar-refractivity contribution in [2.24, 2.45) is 0 Å². The summed E-state index contributed by atoms with van der Waals surface area (Å²) in [6, 6.07) is 34.3. The van der Waals surface area contributed by atoms with Gasteiger partial charge in [-0.1, -0.05) is 78.9 Å². The van der Waals surface area contributed by atoms with Gasteiger partial charge >= 0.3 is 0 Å². The standard InChI is InChI=1S/C25H17NO/c27-25-23-13-7-6-12-21(23)17-24(19-9-2-1-3-10-19)26(25)22-15-14-18-8-4-5-11-20(18)16-22/h1-17H. The van der Waals surface area contributed by atoms with Crippen molar-refractivity contribution >= 4 is 21.5 Å². The summed E-state index contributed by atoms with van der Waals surface area (Å²) >= 11 is 0. The van der Waals surface area contributed by atoms with Crippen LogP contribution >= 0.6 is 0 Å². The summed E-state index contributed by atoms with van der Waals surface area (Å²) in [4.78, 5) is 13.4. The number of hydrogen-bond donors (Lipinski definition) is 0. The van der Waals surface area contributed by atoms with Crippen molar-refractivity contribution in [1.82, 2.24) is 4.57 Å². The number of benzene rings is 4. The SMILES string of the molecule is O=c1c2ccccc2cc(-c2ccccc2)n1-c1ccc2ccccc2c1. The lowest BCUT2D eigenvalue weighted by Crippen LogP contribution is -2.20. The molecule has 1 aromatic heterocycles. The minimum atomic E-state index is 0.00207. The van der Waals surface area contributed by atoms with E-state index in [4.69, 9.17) is 0 Å². The molecule has 0 fully saturated rings. The lowest BCUT2D eigenvalue weighted by atomic mass is 10.0. The highest BCUT2D eigenvalue weighted by Gasteiger charge is 2.13. The van der Waals surface area contributed by atoms with Crippen molar-refractivity contribution in [3.05, 3.63) is 113 Å². The zero-order valence-corrected chi connectivity index (χ0v) is 14.7. The monoisotopic (exact) mass is 347 g/mol. The molecule has 0 aliphatic carbocycles. The Balaban J connectivity index is 1.89. The molecular formula is C25H17NO. The molecule has 0 atom stereocenters. The normalized spacial score (nSPS) is 11.1. The lowest BCUT2D eigenvalue weighted by molar-refractivity contribution is 1.02. The first-order valence-electron chi connectivity index (χ1n) is 9.01. The van der Waals surface area contributed by atoms with E-state index in [-0.39, 0.29) is 5.56 Å². The maximum atomic E-state index is 13.4. The summed E-state index contributed by atoms with van der Waals surface area (Å²) in [5.74, 6) is 0. The van der Waals surface area contributed by atoms with Gasteiger partial charge in [0.2, 0.25) is 0 Å². The molecule has 5 aromatic rings. The quantitative estimate of drug-likeness (QED) is 0.395. The van der Waals surface area contributed by atoms with E-state index in [1.165, 1.54) is 0 Å². The van der Waals surface area contributed by atoms with E-state index in [2.05, 4.69) is 30.3 Å². The molecule has 0 aliphatic rings. The van der Waals surface area contributed by atoms with Crippen LogP contribution in [0.5, 0.6) is 0 Å². The molecule has 0 N–H and O–H groups in total. The average Bonchev–Trinajstić information content (AvgIpc) is 2.74. The van der Waals surface area contributed by atoms with Crippen LogP contribution in [0.1, 0.15) is 0 Å². The number of nitrogens with zero attached hydrogens (tertiary/aromatic N) is 1. The predicted molar refractivity (Wildman–Crippen MR) is 112 cm³/mol. The molecule has 0 unspecified atom stereocenters. The Bertz CT molecular complexity index is 1330. The first-order chi connectivity index (χ1) is 13.3. The highest BCUT2D eigenvalue weighted by molar-refractivity contribution is 5.88. The van der Waals surface area contributed by atoms with Crippen LogP contribution in [-0.2, 0) is 0 Å². The second-order valence-corrected chi connectivity index (χ2v) is 6.65. The fourth-order valence-corrected chi connectivity index (χ4v) is 3.65. The first kappa shape index (κ1) is 15.6. The number of pyridine rings is 1. The summed E-state index contributed by atoms with van der Waals surface area (Å²) < 4.78 is 1.82. The number of fused-ring (bicyclic) bond motifs is 2. The third-order valence-electron chi connectivity index (χ3n) is 4.99. The summed E-state index contributed by atoms with van der Waals surface area (Å²) in [7, 11) is 0. The van der Waals surface area contributed by atoms with Crippen LogP contribution in [-0.4, -0.2) is 4.57 Å². The van der Waals surface area contributed by atoms with Crippen molar-refractivity contribution in [3.8, 4) is 16.9 Å². The van der Waals surface area contributed by atoms with Gasteiger partial charge in [0.1, 0.15) is 0 Å².